The van der Waals surface area contributed by atoms with Crippen LogP contribution in [0.2, 0.25) is 0 Å². The van der Waals surface area contributed by atoms with E-state index >= 15 is 0 Å². The van der Waals surface area contributed by atoms with E-state index in [0.717, 1.165) is 12.0 Å². The molecule has 2 heterocycles. The molecule has 2 unspecified atom stereocenters. The zero-order chi connectivity index (χ0) is 54.0. The Balaban J connectivity index is 1.39. The van der Waals surface area contributed by atoms with Crippen molar-refractivity contribution in [3.63, 3.8) is 0 Å². The third kappa shape index (κ3) is 17.3. The number of esters is 1. The Kier molecular flexibility index (Phi) is 24.7. The molecular formula is C58H85NO14. The lowest BCUT2D eigenvalue weighted by Gasteiger charge is -2.42. The average Bonchev–Trinajstić information content (AvgIpc) is 3.38. The van der Waals surface area contributed by atoms with E-state index in [-0.39, 0.29) is 67.1 Å². The van der Waals surface area contributed by atoms with Gasteiger partial charge in [-0.3, -0.25) is 24.0 Å². The van der Waals surface area contributed by atoms with Crippen LogP contribution in [0.25, 0.3) is 0 Å². The van der Waals surface area contributed by atoms with E-state index in [1.54, 1.807) is 65.3 Å². The fourth-order valence-corrected chi connectivity index (χ4v) is 10.6. The molecule has 406 valence electrons. The fraction of sp³-hybridized carbons (Fsp3) is 0.655. The number of aliphatic hydroxyl groups excluding tert-OH is 2. The summed E-state index contributed by atoms with van der Waals surface area (Å²) in [6, 6.07) is 7.85. The van der Waals surface area contributed by atoms with Crippen LogP contribution in [-0.4, -0.2) is 132 Å². The Bertz CT molecular complexity index is 2100. The molecule has 3 aliphatic rings. The van der Waals surface area contributed by atoms with Crippen molar-refractivity contribution in [2.24, 2.45) is 35.5 Å². The molecule has 15 heteroatoms. The largest absolute Gasteiger partial charge is 0.460 e. The van der Waals surface area contributed by atoms with Gasteiger partial charge in [-0.1, -0.05) is 101 Å². The van der Waals surface area contributed by atoms with Crippen LogP contribution in [0.5, 0.6) is 0 Å². The van der Waals surface area contributed by atoms with Gasteiger partial charge in [0.2, 0.25) is 5.79 Å². The maximum absolute atomic E-state index is 14.3. The van der Waals surface area contributed by atoms with Crippen LogP contribution in [0.15, 0.2) is 77.9 Å². The molecule has 0 spiro atoms. The molecule has 15 nitrogen and oxygen atoms in total. The third-order valence-electron chi connectivity index (χ3n) is 15.3. The highest BCUT2D eigenvalue weighted by Crippen LogP contribution is 2.38. The van der Waals surface area contributed by atoms with Crippen LogP contribution in [0.3, 0.4) is 0 Å². The third-order valence-corrected chi connectivity index (χ3v) is 15.3. The molecular weight excluding hydrogens is 935 g/mol. The maximum atomic E-state index is 14.3. The number of aliphatic hydroxyl groups is 3. The van der Waals surface area contributed by atoms with E-state index in [1.165, 1.54) is 12.0 Å². The molecule has 0 radical (unpaired) electrons. The summed E-state index contributed by atoms with van der Waals surface area (Å²) in [5.74, 6) is -7.60. The number of likely N-dealkylation sites (tertiary alicyclic amines) is 1. The summed E-state index contributed by atoms with van der Waals surface area (Å²) >= 11 is 0. The Morgan fingerprint density at radius 3 is 2.27 bits per heavy atom. The van der Waals surface area contributed by atoms with Gasteiger partial charge in [0, 0.05) is 58.5 Å². The molecule has 3 N–H and O–H groups in total. The lowest BCUT2D eigenvalue weighted by atomic mass is 9.78. The SMILES string of the molecule is COC(C(=O)[C@H](C)C[C@H](C)/C=C/C=C/C=C(\C)[C@H](C[C@@H]1CC[C@@H](C)[C@](O)(C(=O)C(=O)N2CCCC[C@H]2C(=O)O[C@@H](CC(=O)[C@H](C)/C=C(\C)C=O)[C@H](C)C[C@@H]2CC[C@@H](O)[C@H](OC)C2)O1)OC)C(O)c1ccccc1. The predicted octanol–water partition coefficient (Wildman–Crippen LogP) is 7.74. The minimum atomic E-state index is -2.46. The van der Waals surface area contributed by atoms with Crippen LogP contribution in [0, 0.1) is 35.5 Å². The quantitative estimate of drug-likeness (QED) is 0.0253. The Labute approximate surface area is 433 Å². The summed E-state index contributed by atoms with van der Waals surface area (Å²) in [6.07, 6.45) is 12.3. The van der Waals surface area contributed by atoms with Gasteiger partial charge < -0.3 is 43.9 Å². The van der Waals surface area contributed by atoms with Crippen LogP contribution in [0.4, 0.5) is 0 Å². The van der Waals surface area contributed by atoms with Crippen LogP contribution < -0.4 is 0 Å². The molecule has 1 saturated carbocycles. The summed E-state index contributed by atoms with van der Waals surface area (Å²) in [4.78, 5) is 82.1. The lowest BCUT2D eigenvalue weighted by molar-refractivity contribution is -0.265. The number of aldehydes is 1. The van der Waals surface area contributed by atoms with Crippen molar-refractivity contribution in [1.29, 1.82) is 0 Å². The van der Waals surface area contributed by atoms with E-state index in [0.29, 0.717) is 68.8 Å². The zero-order valence-corrected chi connectivity index (χ0v) is 45.0. The Morgan fingerprint density at radius 2 is 1.62 bits per heavy atom. The van der Waals surface area contributed by atoms with Gasteiger partial charge in [0.15, 0.2) is 5.78 Å². The number of amides is 1. The van der Waals surface area contributed by atoms with E-state index in [9.17, 15) is 44.1 Å². The number of carbonyl (C=O) groups excluding carboxylic acids is 6. The monoisotopic (exact) mass is 1020 g/mol. The second-order valence-corrected chi connectivity index (χ2v) is 21.1. The molecule has 0 bridgehead atoms. The predicted molar refractivity (Wildman–Crippen MR) is 277 cm³/mol. The highest BCUT2D eigenvalue weighted by molar-refractivity contribution is 6.39. The molecule has 1 amide bonds. The van der Waals surface area contributed by atoms with E-state index in [1.807, 2.05) is 64.1 Å². The number of rotatable bonds is 27. The molecule has 15 atom stereocenters. The number of allylic oxidation sites excluding steroid dienone is 7. The number of hydrogen-bond acceptors (Lipinski definition) is 14. The van der Waals surface area contributed by atoms with Gasteiger partial charge in [-0.25, -0.2) is 4.79 Å². The van der Waals surface area contributed by atoms with Crippen molar-refractivity contribution in [2.45, 2.75) is 180 Å². The fourth-order valence-electron chi connectivity index (χ4n) is 10.6. The highest BCUT2D eigenvalue weighted by atomic mass is 16.6. The van der Waals surface area contributed by atoms with Crippen molar-refractivity contribution in [3.8, 4) is 0 Å². The molecule has 2 aliphatic heterocycles. The number of hydrogen-bond donors (Lipinski definition) is 3. The van der Waals surface area contributed by atoms with Crippen molar-refractivity contribution in [2.75, 3.05) is 27.9 Å². The summed E-state index contributed by atoms with van der Waals surface area (Å²) < 4.78 is 29.2. The second kappa shape index (κ2) is 29.6. The molecule has 1 aromatic rings. The van der Waals surface area contributed by atoms with Crippen molar-refractivity contribution >= 4 is 35.5 Å². The van der Waals surface area contributed by atoms with Crippen LogP contribution >= 0.6 is 0 Å². The number of nitrogens with zero attached hydrogens (tertiary/aromatic N) is 1. The van der Waals surface area contributed by atoms with Gasteiger partial charge in [-0.05, 0) is 113 Å². The van der Waals surface area contributed by atoms with E-state index in [2.05, 4.69) is 0 Å². The number of Topliss-reactive ketones (excluding diaryl/α,β-unsaturated/α-hetero) is 3. The summed E-state index contributed by atoms with van der Waals surface area (Å²) in [6.45, 7) is 12.7. The Morgan fingerprint density at radius 1 is 0.904 bits per heavy atom. The molecule has 2 saturated heterocycles. The molecule has 1 aliphatic carbocycles. The molecule has 4 rings (SSSR count). The van der Waals surface area contributed by atoms with Gasteiger partial charge >= 0.3 is 5.97 Å². The Hall–Kier alpha value is -4.48. The van der Waals surface area contributed by atoms with Crippen LogP contribution in [0.1, 0.15) is 137 Å². The first-order chi connectivity index (χ1) is 34.7. The summed E-state index contributed by atoms with van der Waals surface area (Å²) in [5, 5.41) is 33.2. The number of carbonyl (C=O) groups is 6. The van der Waals surface area contributed by atoms with Crippen molar-refractivity contribution in [1.82, 2.24) is 4.90 Å². The smallest absolute Gasteiger partial charge is 0.329 e. The minimum absolute atomic E-state index is 0.0558. The molecule has 1 aromatic carbocycles. The van der Waals surface area contributed by atoms with Crippen molar-refractivity contribution in [3.05, 3.63) is 83.5 Å². The maximum Gasteiger partial charge on any atom is 0.329 e. The van der Waals surface area contributed by atoms with E-state index in [4.69, 9.17) is 23.7 Å². The first-order valence-corrected chi connectivity index (χ1v) is 26.4. The lowest BCUT2D eigenvalue weighted by Crippen LogP contribution is -2.61. The van der Waals surface area contributed by atoms with Gasteiger partial charge in [-0.2, -0.15) is 0 Å². The zero-order valence-electron chi connectivity index (χ0n) is 45.0. The normalized spacial score (nSPS) is 27.6. The first kappa shape index (κ1) is 61.1. The average molecular weight is 1020 g/mol. The minimum Gasteiger partial charge on any atom is -0.460 e. The number of benzene rings is 1. The molecule has 3 fully saturated rings. The number of piperidine rings is 1. The topological polar surface area (TPSA) is 212 Å². The van der Waals surface area contributed by atoms with Gasteiger partial charge in [-0.15, -0.1) is 0 Å². The summed E-state index contributed by atoms with van der Waals surface area (Å²) in [5.41, 5.74) is 1.88. The number of methoxy groups -OCH3 is 3. The number of ketones is 3. The van der Waals surface area contributed by atoms with Gasteiger partial charge in [0.05, 0.1) is 24.4 Å². The van der Waals surface area contributed by atoms with E-state index < -0.39 is 77.9 Å². The first-order valence-electron chi connectivity index (χ1n) is 26.4. The van der Waals surface area contributed by atoms with Crippen LogP contribution in [-0.2, 0) is 52.5 Å². The summed E-state index contributed by atoms with van der Waals surface area (Å²) in [7, 11) is 4.56. The van der Waals surface area contributed by atoms with Crippen molar-refractivity contribution < 1.29 is 67.8 Å². The molecule has 73 heavy (non-hydrogen) atoms. The van der Waals surface area contributed by atoms with Gasteiger partial charge in [0.1, 0.15) is 36.4 Å². The second-order valence-electron chi connectivity index (χ2n) is 21.1. The standard InChI is InChI=1S/C58H85NO14/c1-36(29-41(6)52(63)54(71-10)53(64)44-21-15-12-16-22-44)19-13-11-14-20-38(3)49(69-8)33-45-26-24-42(7)58(68,73-45)55(65)56(66)59-28-18-17-23-46(59)57(67)72-50(34-48(62)39(4)30-37(2)35-60)40(5)31-43-25-27-47(61)51(32-43)70-9/h11-16,19-22,30,35-36,39-43,45-47,49-51,53-54,61,64,68H,17-18,23-29,31-34H2,1-10H3/b14-11+,19-13+,37-30+,38-20+/t36-,39-,40-,41-,42-,43+,45+,46+,47-,49+,50+,51-,53?,54?,58-/m1/s1. The molecule has 0 aromatic heterocycles. The number of ether oxygens (including phenoxy) is 5. The highest BCUT2D eigenvalue weighted by Gasteiger charge is 2.53. The van der Waals surface area contributed by atoms with Gasteiger partial charge in [0.25, 0.3) is 11.7 Å².